The quantitative estimate of drug-likeness (QED) is 0.779. The minimum atomic E-state index is -0.137. The highest BCUT2D eigenvalue weighted by molar-refractivity contribution is 5.16. The molecule has 0 radical (unpaired) electrons. The zero-order valence-electron chi connectivity index (χ0n) is 10.5. The monoisotopic (exact) mass is 223 g/mol. The van der Waals surface area contributed by atoms with E-state index in [0.29, 0.717) is 12.0 Å². The SMILES string of the molecule is CNC(CCc1cccc(F)c1)CC(C)C. The van der Waals surface area contributed by atoms with Crippen LogP contribution in [0.25, 0.3) is 0 Å². The minimum absolute atomic E-state index is 0.137. The first-order chi connectivity index (χ1) is 7.61. The van der Waals surface area contributed by atoms with Crippen LogP contribution in [0.4, 0.5) is 4.39 Å². The molecule has 1 unspecified atom stereocenters. The molecular formula is C14H22FN. The number of halogens is 1. The molecule has 0 bridgehead atoms. The average Bonchev–Trinajstić information content (AvgIpc) is 2.24. The molecule has 1 rings (SSSR count). The predicted octanol–water partition coefficient (Wildman–Crippen LogP) is 3.39. The van der Waals surface area contributed by atoms with Gasteiger partial charge in [-0.3, -0.25) is 0 Å². The Bertz CT molecular complexity index is 309. The van der Waals surface area contributed by atoms with Gasteiger partial charge in [0.1, 0.15) is 5.82 Å². The molecule has 1 atom stereocenters. The van der Waals surface area contributed by atoms with Gasteiger partial charge in [-0.1, -0.05) is 26.0 Å². The summed E-state index contributed by atoms with van der Waals surface area (Å²) in [5.74, 6) is 0.562. The molecule has 0 aliphatic rings. The zero-order valence-corrected chi connectivity index (χ0v) is 10.5. The fraction of sp³-hybridized carbons (Fsp3) is 0.571. The van der Waals surface area contributed by atoms with E-state index in [0.717, 1.165) is 18.4 Å². The maximum absolute atomic E-state index is 13.0. The average molecular weight is 223 g/mol. The zero-order chi connectivity index (χ0) is 12.0. The molecule has 0 spiro atoms. The highest BCUT2D eigenvalue weighted by Crippen LogP contribution is 2.12. The predicted molar refractivity (Wildman–Crippen MR) is 67.0 cm³/mol. The Kier molecular flexibility index (Phi) is 5.47. The molecule has 0 saturated heterocycles. The Labute approximate surface area is 98.1 Å². The second kappa shape index (κ2) is 6.64. The summed E-state index contributed by atoms with van der Waals surface area (Å²) < 4.78 is 13.0. The number of nitrogens with one attached hydrogen (secondary N) is 1. The van der Waals surface area contributed by atoms with Crippen LogP contribution in [-0.4, -0.2) is 13.1 Å². The number of benzene rings is 1. The first-order valence-electron chi connectivity index (χ1n) is 6.03. The summed E-state index contributed by atoms with van der Waals surface area (Å²) >= 11 is 0. The third-order valence-corrected chi connectivity index (χ3v) is 2.83. The number of hydrogen-bond acceptors (Lipinski definition) is 1. The smallest absolute Gasteiger partial charge is 0.123 e. The molecule has 2 heteroatoms. The molecule has 0 aliphatic carbocycles. The highest BCUT2D eigenvalue weighted by Gasteiger charge is 2.08. The molecule has 1 aromatic rings. The van der Waals surface area contributed by atoms with Crippen molar-refractivity contribution in [2.45, 2.75) is 39.2 Å². The molecule has 0 heterocycles. The lowest BCUT2D eigenvalue weighted by atomic mass is 9.97. The van der Waals surface area contributed by atoms with Gasteiger partial charge < -0.3 is 5.32 Å². The number of hydrogen-bond donors (Lipinski definition) is 1. The van der Waals surface area contributed by atoms with Crippen molar-refractivity contribution in [1.29, 1.82) is 0 Å². The van der Waals surface area contributed by atoms with Gasteiger partial charge >= 0.3 is 0 Å². The molecule has 0 fully saturated rings. The summed E-state index contributed by atoms with van der Waals surface area (Å²) in [6.45, 7) is 4.46. The van der Waals surface area contributed by atoms with Crippen LogP contribution in [0.2, 0.25) is 0 Å². The van der Waals surface area contributed by atoms with Crippen LogP contribution < -0.4 is 5.32 Å². The van der Waals surface area contributed by atoms with Gasteiger partial charge in [-0.15, -0.1) is 0 Å². The molecule has 90 valence electrons. The van der Waals surface area contributed by atoms with Gasteiger partial charge in [0.25, 0.3) is 0 Å². The second-order valence-corrected chi connectivity index (χ2v) is 4.78. The fourth-order valence-corrected chi connectivity index (χ4v) is 1.98. The lowest BCUT2D eigenvalue weighted by molar-refractivity contribution is 0.421. The maximum Gasteiger partial charge on any atom is 0.123 e. The van der Waals surface area contributed by atoms with Crippen LogP contribution in [0.3, 0.4) is 0 Å². The van der Waals surface area contributed by atoms with Crippen LogP contribution in [0.15, 0.2) is 24.3 Å². The second-order valence-electron chi connectivity index (χ2n) is 4.78. The molecule has 1 nitrogen and oxygen atoms in total. The van der Waals surface area contributed by atoms with E-state index in [1.807, 2.05) is 13.1 Å². The summed E-state index contributed by atoms with van der Waals surface area (Å²) in [5, 5.41) is 3.32. The number of rotatable bonds is 6. The normalized spacial score (nSPS) is 13.1. The molecule has 0 amide bonds. The minimum Gasteiger partial charge on any atom is -0.317 e. The van der Waals surface area contributed by atoms with Crippen molar-refractivity contribution in [2.75, 3.05) is 7.05 Å². The van der Waals surface area contributed by atoms with E-state index in [1.54, 1.807) is 12.1 Å². The van der Waals surface area contributed by atoms with E-state index in [-0.39, 0.29) is 5.82 Å². The van der Waals surface area contributed by atoms with Gasteiger partial charge in [-0.05, 0) is 49.9 Å². The third-order valence-electron chi connectivity index (χ3n) is 2.83. The van der Waals surface area contributed by atoms with Gasteiger partial charge in [0.15, 0.2) is 0 Å². The lowest BCUT2D eigenvalue weighted by Gasteiger charge is -2.18. The van der Waals surface area contributed by atoms with Crippen molar-refractivity contribution in [2.24, 2.45) is 5.92 Å². The summed E-state index contributed by atoms with van der Waals surface area (Å²) in [6.07, 6.45) is 3.18. The van der Waals surface area contributed by atoms with Crippen molar-refractivity contribution in [3.05, 3.63) is 35.6 Å². The molecule has 0 aliphatic heterocycles. The molecule has 0 saturated carbocycles. The van der Waals surface area contributed by atoms with Crippen LogP contribution in [0.5, 0.6) is 0 Å². The van der Waals surface area contributed by atoms with Crippen LogP contribution in [0, 0.1) is 11.7 Å². The van der Waals surface area contributed by atoms with Crippen LogP contribution >= 0.6 is 0 Å². The van der Waals surface area contributed by atoms with Gasteiger partial charge in [0, 0.05) is 6.04 Å². The Hall–Kier alpha value is -0.890. The van der Waals surface area contributed by atoms with Gasteiger partial charge in [-0.25, -0.2) is 4.39 Å². The topological polar surface area (TPSA) is 12.0 Å². The fourth-order valence-electron chi connectivity index (χ4n) is 1.98. The van der Waals surface area contributed by atoms with E-state index in [4.69, 9.17) is 0 Å². The Morgan fingerprint density at radius 2 is 2.06 bits per heavy atom. The first-order valence-corrected chi connectivity index (χ1v) is 6.03. The van der Waals surface area contributed by atoms with E-state index < -0.39 is 0 Å². The number of aryl methyl sites for hydroxylation is 1. The van der Waals surface area contributed by atoms with Gasteiger partial charge in [0.2, 0.25) is 0 Å². The van der Waals surface area contributed by atoms with Gasteiger partial charge in [-0.2, -0.15) is 0 Å². The van der Waals surface area contributed by atoms with Crippen molar-refractivity contribution in [3.8, 4) is 0 Å². The van der Waals surface area contributed by atoms with E-state index in [2.05, 4.69) is 19.2 Å². The van der Waals surface area contributed by atoms with Crippen molar-refractivity contribution in [3.63, 3.8) is 0 Å². The van der Waals surface area contributed by atoms with E-state index in [9.17, 15) is 4.39 Å². The van der Waals surface area contributed by atoms with E-state index in [1.165, 1.54) is 12.5 Å². The first kappa shape index (κ1) is 13.2. The van der Waals surface area contributed by atoms with Crippen molar-refractivity contribution >= 4 is 0 Å². The summed E-state index contributed by atoms with van der Waals surface area (Å²) in [6, 6.07) is 7.42. The molecular weight excluding hydrogens is 201 g/mol. The Morgan fingerprint density at radius 1 is 1.31 bits per heavy atom. The Balaban J connectivity index is 2.43. The van der Waals surface area contributed by atoms with Crippen molar-refractivity contribution < 1.29 is 4.39 Å². The third kappa shape index (κ3) is 4.75. The lowest BCUT2D eigenvalue weighted by Crippen LogP contribution is -2.27. The summed E-state index contributed by atoms with van der Waals surface area (Å²) in [5.41, 5.74) is 1.09. The highest BCUT2D eigenvalue weighted by atomic mass is 19.1. The van der Waals surface area contributed by atoms with E-state index >= 15 is 0 Å². The largest absolute Gasteiger partial charge is 0.317 e. The van der Waals surface area contributed by atoms with Crippen molar-refractivity contribution in [1.82, 2.24) is 5.32 Å². The molecule has 0 aromatic heterocycles. The van der Waals surface area contributed by atoms with Crippen LogP contribution in [0.1, 0.15) is 32.3 Å². The molecule has 1 N–H and O–H groups in total. The molecule has 16 heavy (non-hydrogen) atoms. The van der Waals surface area contributed by atoms with Crippen LogP contribution in [-0.2, 0) is 6.42 Å². The summed E-state index contributed by atoms with van der Waals surface area (Å²) in [4.78, 5) is 0. The summed E-state index contributed by atoms with van der Waals surface area (Å²) in [7, 11) is 2.00. The standard InChI is InChI=1S/C14H22FN/c1-11(2)9-14(16-3)8-7-12-5-4-6-13(15)10-12/h4-6,10-11,14,16H,7-9H2,1-3H3. The Morgan fingerprint density at radius 3 is 2.62 bits per heavy atom. The van der Waals surface area contributed by atoms with Gasteiger partial charge in [0.05, 0.1) is 0 Å². The maximum atomic E-state index is 13.0. The molecule has 1 aromatic carbocycles.